The standard InChI is InChI=1S/C62H77BN2O/c1-36-26-50-53-51(27-36)65(48-34-45-43(28-37(48)2)59(12,13)22-24-61(45,16)17)49-35-46-44(60(14,15)23-25-62(46,18)19)33-47(49)63(53)55-54(42-32-38(56(3,4)5)20-21-52(42)66-55)64(50)41-30-39(57(6,7)8)29-40(31-41)58(9,10)11/h20-21,26-35H,22-25H2,1-19H3. The van der Waals surface area contributed by atoms with Crippen LogP contribution in [0.2, 0.25) is 0 Å². The molecule has 0 unspecified atom stereocenters. The lowest BCUT2D eigenvalue weighted by Gasteiger charge is -2.47. The summed E-state index contributed by atoms with van der Waals surface area (Å²) in [4.78, 5) is 5.33. The smallest absolute Gasteiger partial charge is 0.297 e. The number of aryl methyl sites for hydroxylation is 2. The molecule has 10 rings (SSSR count). The SMILES string of the molecule is Cc1cc2c3c(c1)N(c1cc(C(C)(C)C)cc(C(C)(C)C)c1)c1c(oc4ccc(C(C)(C)C)cc14)B3c1cc3c(cc1N2c1cc2c(cc1C)C(C)(C)CCC2(C)C)C(C)(C)CCC3(C)C. The Morgan fingerprint density at radius 3 is 1.47 bits per heavy atom. The summed E-state index contributed by atoms with van der Waals surface area (Å²) in [5, 5.41) is 1.18. The number of furan rings is 1. The highest BCUT2D eigenvalue weighted by Gasteiger charge is 2.50. The molecule has 0 radical (unpaired) electrons. The number of fused-ring (bicyclic) bond motifs is 8. The fourth-order valence-corrected chi connectivity index (χ4v) is 12.2. The van der Waals surface area contributed by atoms with Crippen LogP contribution in [0.25, 0.3) is 11.0 Å². The Kier molecular flexibility index (Phi) is 9.53. The molecule has 0 bridgehead atoms. The largest absolute Gasteiger partial charge is 0.468 e. The van der Waals surface area contributed by atoms with E-state index in [-0.39, 0.29) is 44.6 Å². The van der Waals surface area contributed by atoms with Gasteiger partial charge in [0.05, 0.1) is 11.3 Å². The summed E-state index contributed by atoms with van der Waals surface area (Å²) in [6, 6.07) is 29.9. The van der Waals surface area contributed by atoms with Gasteiger partial charge in [-0.3, -0.25) is 0 Å². The van der Waals surface area contributed by atoms with Crippen molar-refractivity contribution in [1.29, 1.82) is 0 Å². The summed E-state index contributed by atoms with van der Waals surface area (Å²) >= 11 is 0. The van der Waals surface area contributed by atoms with E-state index in [2.05, 4.69) is 214 Å². The van der Waals surface area contributed by atoms with E-state index in [4.69, 9.17) is 4.42 Å². The second-order valence-corrected chi connectivity index (χ2v) is 27.0. The summed E-state index contributed by atoms with van der Waals surface area (Å²) in [5.41, 5.74) is 24.9. The van der Waals surface area contributed by atoms with Gasteiger partial charge in [0.25, 0.3) is 6.71 Å². The zero-order valence-electron chi connectivity index (χ0n) is 44.1. The molecule has 0 spiro atoms. The number of hydrogen-bond donors (Lipinski definition) is 0. The van der Waals surface area contributed by atoms with E-state index in [1.807, 2.05) is 0 Å². The average Bonchev–Trinajstić information content (AvgIpc) is 3.58. The molecule has 2 aliphatic carbocycles. The predicted molar refractivity (Wildman–Crippen MR) is 286 cm³/mol. The number of anilines is 6. The fraction of sp³-hybridized carbons (Fsp3) is 0.484. The monoisotopic (exact) mass is 877 g/mol. The average molecular weight is 877 g/mol. The van der Waals surface area contributed by atoms with Crippen LogP contribution in [0.4, 0.5) is 34.1 Å². The lowest BCUT2D eigenvalue weighted by Crippen LogP contribution is -2.61. The van der Waals surface area contributed by atoms with Crippen molar-refractivity contribution in [2.45, 2.75) is 195 Å². The molecule has 0 atom stereocenters. The molecule has 1 aromatic heterocycles. The molecular weight excluding hydrogens is 800 g/mol. The summed E-state index contributed by atoms with van der Waals surface area (Å²) in [6.45, 7) is 45.5. The van der Waals surface area contributed by atoms with Gasteiger partial charge in [0.2, 0.25) is 0 Å². The van der Waals surface area contributed by atoms with E-state index in [9.17, 15) is 0 Å². The number of hydrogen-bond acceptors (Lipinski definition) is 3. The fourth-order valence-electron chi connectivity index (χ4n) is 12.2. The van der Waals surface area contributed by atoms with Crippen LogP contribution >= 0.6 is 0 Å². The Morgan fingerprint density at radius 2 is 0.955 bits per heavy atom. The van der Waals surface area contributed by atoms with Crippen LogP contribution in [0.15, 0.2) is 77.2 Å². The third-order valence-electron chi connectivity index (χ3n) is 17.0. The molecular formula is C62H77BN2O. The zero-order valence-corrected chi connectivity index (χ0v) is 44.1. The van der Waals surface area contributed by atoms with Crippen molar-refractivity contribution < 1.29 is 4.42 Å². The van der Waals surface area contributed by atoms with Crippen molar-refractivity contribution in [3.63, 3.8) is 0 Å². The van der Waals surface area contributed by atoms with Gasteiger partial charge in [-0.15, -0.1) is 0 Å². The minimum Gasteiger partial charge on any atom is -0.468 e. The summed E-state index contributed by atoms with van der Waals surface area (Å²) in [7, 11) is 0. The molecule has 5 aromatic carbocycles. The van der Waals surface area contributed by atoms with Gasteiger partial charge in [0.15, 0.2) is 0 Å². The lowest BCUT2D eigenvalue weighted by molar-refractivity contribution is 0.331. The first kappa shape index (κ1) is 45.1. The molecule has 0 saturated heterocycles. The van der Waals surface area contributed by atoms with Crippen LogP contribution in [-0.2, 0) is 37.9 Å². The second-order valence-electron chi connectivity index (χ2n) is 27.0. The minimum absolute atomic E-state index is 0.0308. The Bertz CT molecular complexity index is 2990. The van der Waals surface area contributed by atoms with Gasteiger partial charge in [0.1, 0.15) is 5.58 Å². The topological polar surface area (TPSA) is 19.6 Å². The third-order valence-corrected chi connectivity index (χ3v) is 17.0. The van der Waals surface area contributed by atoms with Crippen LogP contribution in [0, 0.1) is 13.8 Å². The zero-order chi connectivity index (χ0) is 47.8. The quantitative estimate of drug-likeness (QED) is 0.161. The van der Waals surface area contributed by atoms with Gasteiger partial charge >= 0.3 is 0 Å². The predicted octanol–water partition coefficient (Wildman–Crippen LogP) is 15.7. The van der Waals surface area contributed by atoms with E-state index in [1.54, 1.807) is 0 Å². The highest BCUT2D eigenvalue weighted by molar-refractivity contribution is 7.00. The molecule has 0 fully saturated rings. The molecule has 2 aliphatic heterocycles. The van der Waals surface area contributed by atoms with Crippen LogP contribution in [-0.4, -0.2) is 6.71 Å². The van der Waals surface area contributed by atoms with Crippen molar-refractivity contribution in [3.8, 4) is 0 Å². The van der Waals surface area contributed by atoms with E-state index in [0.29, 0.717) is 0 Å². The van der Waals surface area contributed by atoms with Crippen molar-refractivity contribution >= 4 is 68.4 Å². The van der Waals surface area contributed by atoms with Gasteiger partial charge in [-0.2, -0.15) is 0 Å². The molecule has 344 valence electrons. The van der Waals surface area contributed by atoms with Crippen molar-refractivity contribution in [2.24, 2.45) is 0 Å². The Balaban J connectivity index is 1.37. The first-order valence-electron chi connectivity index (χ1n) is 25.2. The highest BCUT2D eigenvalue weighted by atomic mass is 16.3. The first-order valence-corrected chi connectivity index (χ1v) is 25.2. The van der Waals surface area contributed by atoms with Gasteiger partial charge in [-0.25, -0.2) is 0 Å². The van der Waals surface area contributed by atoms with Crippen molar-refractivity contribution in [3.05, 3.63) is 123 Å². The molecule has 6 aromatic rings. The van der Waals surface area contributed by atoms with Gasteiger partial charge in [-0.05, 0) is 187 Å². The molecule has 66 heavy (non-hydrogen) atoms. The third kappa shape index (κ3) is 6.79. The van der Waals surface area contributed by atoms with E-state index >= 15 is 0 Å². The van der Waals surface area contributed by atoms with Crippen LogP contribution in [0.3, 0.4) is 0 Å². The molecule has 0 saturated carbocycles. The Morgan fingerprint density at radius 1 is 0.485 bits per heavy atom. The maximum Gasteiger partial charge on any atom is 0.297 e. The highest BCUT2D eigenvalue weighted by Crippen LogP contribution is 2.54. The molecule has 0 amide bonds. The number of benzene rings is 5. The van der Waals surface area contributed by atoms with Crippen molar-refractivity contribution in [1.82, 2.24) is 0 Å². The number of rotatable bonds is 2. The molecule has 4 heteroatoms. The maximum absolute atomic E-state index is 7.51. The normalized spacial score (nSPS) is 19.0. The second kappa shape index (κ2) is 13.9. The van der Waals surface area contributed by atoms with Gasteiger partial charge in [-0.1, -0.05) is 142 Å². The lowest BCUT2D eigenvalue weighted by atomic mass is 9.35. The first-order chi connectivity index (χ1) is 30.4. The number of nitrogens with zero attached hydrogens (tertiary/aromatic N) is 2. The van der Waals surface area contributed by atoms with Gasteiger partial charge < -0.3 is 14.2 Å². The van der Waals surface area contributed by atoms with Crippen LogP contribution < -0.4 is 26.4 Å². The molecule has 3 nitrogen and oxygen atoms in total. The van der Waals surface area contributed by atoms with E-state index in [0.717, 1.165) is 17.7 Å². The maximum atomic E-state index is 7.51. The summed E-state index contributed by atoms with van der Waals surface area (Å²) < 4.78 is 7.51. The van der Waals surface area contributed by atoms with Crippen LogP contribution in [0.1, 0.15) is 193 Å². The van der Waals surface area contributed by atoms with Gasteiger partial charge in [0, 0.05) is 33.8 Å². The minimum atomic E-state index is -0.106. The molecule has 4 aliphatic rings. The molecule has 3 heterocycles. The van der Waals surface area contributed by atoms with E-state index in [1.165, 1.54) is 120 Å². The van der Waals surface area contributed by atoms with Crippen LogP contribution in [0.5, 0.6) is 0 Å². The molecule has 0 N–H and O–H groups in total. The Labute approximate surface area is 398 Å². The summed E-state index contributed by atoms with van der Waals surface area (Å²) in [6.07, 6.45) is 4.70. The van der Waals surface area contributed by atoms with Crippen molar-refractivity contribution in [2.75, 3.05) is 9.80 Å². The Hall–Kier alpha value is -4.70. The summed E-state index contributed by atoms with van der Waals surface area (Å²) in [5.74, 6) is 0. The van der Waals surface area contributed by atoms with E-state index < -0.39 is 0 Å².